The second-order valence-corrected chi connectivity index (χ2v) is 13.3. The Kier molecular flexibility index (Phi) is 24.8. The lowest BCUT2D eigenvalue weighted by molar-refractivity contribution is 0.168. The molecule has 0 aliphatic rings. The van der Waals surface area contributed by atoms with Crippen molar-refractivity contribution in [3.05, 3.63) is 48.5 Å². The molecular weight excluding hydrogens is 573 g/mol. The smallest absolute Gasteiger partial charge is 0.174 e. The molecule has 0 radical (unpaired) electrons. The molecule has 0 N–H and O–H groups in total. The van der Waals surface area contributed by atoms with Crippen molar-refractivity contribution in [3.63, 3.8) is 0 Å². The summed E-state index contributed by atoms with van der Waals surface area (Å²) < 4.78 is 23.0. The molecule has 0 saturated carbocycles. The molecule has 0 fully saturated rings. The maximum absolute atomic E-state index is 5.90. The van der Waals surface area contributed by atoms with Gasteiger partial charge < -0.3 is 9.47 Å². The van der Waals surface area contributed by atoms with E-state index in [1.54, 1.807) is 0 Å². The quantitative estimate of drug-likeness (QED) is 0.0484. The van der Waals surface area contributed by atoms with Crippen molar-refractivity contribution in [2.24, 2.45) is 0 Å². The third kappa shape index (κ3) is 21.9. The molecule has 6 heteroatoms. The molecule has 2 aromatic carbocycles. The van der Waals surface area contributed by atoms with E-state index in [1.165, 1.54) is 140 Å². The van der Waals surface area contributed by atoms with Gasteiger partial charge in [0.15, 0.2) is 6.79 Å². The predicted molar refractivity (Wildman–Crippen MR) is 186 cm³/mol. The summed E-state index contributed by atoms with van der Waals surface area (Å²) in [5.74, 6) is 1.84. The molecule has 0 aliphatic carbocycles. The maximum atomic E-state index is 5.90. The zero-order valence-electron chi connectivity index (χ0n) is 27.3. The summed E-state index contributed by atoms with van der Waals surface area (Å²) in [5, 5.41) is 0. The average Bonchev–Trinajstić information content (AvgIpc) is 3.03. The number of rotatable bonds is 30. The Labute approximate surface area is 273 Å². The van der Waals surface area contributed by atoms with Crippen LogP contribution >= 0.6 is 24.1 Å². The van der Waals surface area contributed by atoms with Crippen molar-refractivity contribution >= 4 is 24.1 Å². The highest BCUT2D eigenvalue weighted by atomic mass is 32.2. The van der Waals surface area contributed by atoms with Crippen LogP contribution in [-0.4, -0.2) is 20.0 Å². The van der Waals surface area contributed by atoms with E-state index >= 15 is 0 Å². The lowest BCUT2D eigenvalue weighted by Gasteiger charge is -2.08. The Balaban J connectivity index is 1.41. The fraction of sp³-hybridized carbons (Fsp3) is 0.676. The molecule has 4 nitrogen and oxygen atoms in total. The first-order valence-corrected chi connectivity index (χ1v) is 18.8. The fourth-order valence-electron chi connectivity index (χ4n) is 4.95. The first-order valence-electron chi connectivity index (χ1n) is 17.4. The van der Waals surface area contributed by atoms with E-state index in [9.17, 15) is 0 Å². The summed E-state index contributed by atoms with van der Waals surface area (Å²) in [6, 6.07) is 16.2. The lowest BCUT2D eigenvalue weighted by Crippen LogP contribution is -1.97. The van der Waals surface area contributed by atoms with Crippen LogP contribution in [0.15, 0.2) is 58.3 Å². The van der Waals surface area contributed by atoms with E-state index in [-0.39, 0.29) is 6.79 Å². The van der Waals surface area contributed by atoms with Gasteiger partial charge in [-0.2, -0.15) is 0 Å². The van der Waals surface area contributed by atoms with Crippen LogP contribution in [-0.2, 0) is 8.37 Å². The minimum Gasteiger partial charge on any atom is -0.494 e. The van der Waals surface area contributed by atoms with Gasteiger partial charge in [0.2, 0.25) is 0 Å². The van der Waals surface area contributed by atoms with Crippen LogP contribution in [0.1, 0.15) is 142 Å². The van der Waals surface area contributed by atoms with Gasteiger partial charge in [0.25, 0.3) is 0 Å². The lowest BCUT2D eigenvalue weighted by atomic mass is 10.1. The van der Waals surface area contributed by atoms with Crippen LogP contribution in [0.3, 0.4) is 0 Å². The Hall–Kier alpha value is -1.34. The van der Waals surface area contributed by atoms with Crippen LogP contribution in [0.4, 0.5) is 0 Å². The Morgan fingerprint density at radius 3 is 1.02 bits per heavy atom. The van der Waals surface area contributed by atoms with Gasteiger partial charge in [-0.05, 0) is 61.4 Å². The molecular formula is C37H60O4S2. The Morgan fingerprint density at radius 2 is 0.698 bits per heavy atom. The highest BCUT2D eigenvalue weighted by Gasteiger charge is 2.01. The molecule has 0 spiro atoms. The van der Waals surface area contributed by atoms with Crippen LogP contribution in [0.25, 0.3) is 0 Å². The normalized spacial score (nSPS) is 11.2. The van der Waals surface area contributed by atoms with Gasteiger partial charge in [-0.15, -0.1) is 0 Å². The summed E-state index contributed by atoms with van der Waals surface area (Å²) >= 11 is 2.64. The minimum atomic E-state index is 0.198. The summed E-state index contributed by atoms with van der Waals surface area (Å²) in [6.45, 7) is 6.33. The molecule has 43 heavy (non-hydrogen) atoms. The fourth-order valence-corrected chi connectivity index (χ4v) is 5.97. The summed E-state index contributed by atoms with van der Waals surface area (Å²) in [5.41, 5.74) is 0. The highest BCUT2D eigenvalue weighted by molar-refractivity contribution is 7.95. The van der Waals surface area contributed by atoms with E-state index < -0.39 is 0 Å². The Bertz CT molecular complexity index is 788. The predicted octanol–water partition coefficient (Wildman–Crippen LogP) is 13.0. The van der Waals surface area contributed by atoms with Gasteiger partial charge >= 0.3 is 0 Å². The first kappa shape index (κ1) is 37.8. The molecule has 0 amide bonds. The number of unbranched alkanes of at least 4 members (excludes halogenated alkanes) is 18. The second kappa shape index (κ2) is 28.2. The number of ether oxygens (including phenoxy) is 2. The molecule has 0 aromatic heterocycles. The van der Waals surface area contributed by atoms with Gasteiger partial charge in [-0.25, -0.2) is 0 Å². The topological polar surface area (TPSA) is 36.9 Å². The SMILES string of the molecule is CCCCCCCCCCCCOc1ccc(SOCOSc2ccc(OCCCCCCCCCCCC)cc2)cc1. The molecule has 2 rings (SSSR count). The molecule has 0 saturated heterocycles. The largest absolute Gasteiger partial charge is 0.494 e. The van der Waals surface area contributed by atoms with Crippen molar-refractivity contribution < 1.29 is 17.8 Å². The van der Waals surface area contributed by atoms with Crippen LogP contribution in [0, 0.1) is 0 Å². The zero-order valence-corrected chi connectivity index (χ0v) is 29.0. The standard InChI is InChI=1S/C37H60O4S2/c1-3-5-7-9-11-13-15-17-19-21-31-38-34-23-27-36(28-24-34)42-40-33-41-43-37-29-25-35(26-30-37)39-32-22-20-18-16-14-12-10-8-6-4-2/h23-30H,3-22,31-33H2,1-2H3. The van der Waals surface area contributed by atoms with E-state index in [0.717, 1.165) is 47.3 Å². The maximum Gasteiger partial charge on any atom is 0.174 e. The van der Waals surface area contributed by atoms with Crippen LogP contribution < -0.4 is 9.47 Å². The van der Waals surface area contributed by atoms with Crippen molar-refractivity contribution in [1.82, 2.24) is 0 Å². The van der Waals surface area contributed by atoms with Crippen LogP contribution in [0.2, 0.25) is 0 Å². The van der Waals surface area contributed by atoms with E-state index in [2.05, 4.69) is 13.8 Å². The van der Waals surface area contributed by atoms with Crippen LogP contribution in [0.5, 0.6) is 11.5 Å². The van der Waals surface area contributed by atoms with E-state index in [1.807, 2.05) is 48.5 Å². The number of hydrogen-bond donors (Lipinski definition) is 0. The van der Waals surface area contributed by atoms with Crippen molar-refractivity contribution in [2.45, 2.75) is 152 Å². The summed E-state index contributed by atoms with van der Waals surface area (Å²) in [6.07, 6.45) is 26.8. The van der Waals surface area contributed by atoms with Gasteiger partial charge in [-0.1, -0.05) is 129 Å². The average molecular weight is 633 g/mol. The molecule has 0 aliphatic heterocycles. The van der Waals surface area contributed by atoms with Gasteiger partial charge in [-0.3, -0.25) is 8.37 Å². The third-order valence-electron chi connectivity index (χ3n) is 7.59. The van der Waals surface area contributed by atoms with Crippen molar-refractivity contribution in [1.29, 1.82) is 0 Å². The minimum absolute atomic E-state index is 0.198. The van der Waals surface area contributed by atoms with Gasteiger partial charge in [0, 0.05) is 33.9 Å². The second-order valence-electron chi connectivity index (χ2n) is 11.5. The molecule has 244 valence electrons. The van der Waals surface area contributed by atoms with Crippen molar-refractivity contribution in [2.75, 3.05) is 20.0 Å². The molecule has 0 unspecified atom stereocenters. The Morgan fingerprint density at radius 1 is 0.395 bits per heavy atom. The first-order chi connectivity index (χ1) is 21.3. The van der Waals surface area contributed by atoms with E-state index in [4.69, 9.17) is 17.8 Å². The van der Waals surface area contributed by atoms with E-state index in [0.29, 0.717) is 0 Å². The zero-order chi connectivity index (χ0) is 30.5. The molecule has 0 bridgehead atoms. The monoisotopic (exact) mass is 632 g/mol. The van der Waals surface area contributed by atoms with Gasteiger partial charge in [0.1, 0.15) is 11.5 Å². The number of hydrogen-bond acceptors (Lipinski definition) is 6. The molecule has 0 atom stereocenters. The summed E-state index contributed by atoms with van der Waals surface area (Å²) in [4.78, 5) is 2.06. The third-order valence-corrected chi connectivity index (χ3v) is 8.94. The molecule has 2 aromatic rings. The van der Waals surface area contributed by atoms with Crippen molar-refractivity contribution in [3.8, 4) is 11.5 Å². The summed E-state index contributed by atoms with van der Waals surface area (Å²) in [7, 11) is 0. The number of benzene rings is 2. The van der Waals surface area contributed by atoms with Gasteiger partial charge in [0.05, 0.1) is 13.2 Å². The molecule has 0 heterocycles. The highest BCUT2D eigenvalue weighted by Crippen LogP contribution is 2.26.